The molecule has 0 aromatic heterocycles. The minimum atomic E-state index is -0.146. The molecule has 4 nitrogen and oxygen atoms in total. The average Bonchev–Trinajstić information content (AvgIpc) is 3.05. The third-order valence-electron chi connectivity index (χ3n) is 4.25. The fraction of sp³-hybridized carbons (Fsp3) is 0.421. The van der Waals surface area contributed by atoms with E-state index in [-0.39, 0.29) is 30.8 Å². The maximum atomic E-state index is 13.0. The number of urea groups is 1. The zero-order valence-electron chi connectivity index (χ0n) is 13.6. The molecule has 0 spiro atoms. The number of terminal acetylenes is 1. The fourth-order valence-electron chi connectivity index (χ4n) is 3.40. The van der Waals surface area contributed by atoms with E-state index in [0.717, 1.165) is 5.69 Å². The molecule has 4 heteroatoms. The van der Waals surface area contributed by atoms with E-state index in [1.54, 1.807) is 0 Å². The number of rotatable bonds is 5. The SMILES string of the molecule is C#CCO[C@@H]1C=C[C@@H]2[C@H]1N(CC(C)C)C(=O)N2c1ccccc1. The smallest absolute Gasteiger partial charge is 0.325 e. The van der Waals surface area contributed by atoms with Crippen LogP contribution in [0.3, 0.4) is 0 Å². The van der Waals surface area contributed by atoms with Crippen molar-refractivity contribution in [2.75, 3.05) is 18.1 Å². The van der Waals surface area contributed by atoms with Gasteiger partial charge in [0.15, 0.2) is 0 Å². The van der Waals surface area contributed by atoms with E-state index in [1.165, 1.54) is 0 Å². The molecule has 1 aliphatic heterocycles. The Labute approximate surface area is 137 Å². The van der Waals surface area contributed by atoms with Gasteiger partial charge in [0, 0.05) is 12.2 Å². The standard InChI is InChI=1S/C19H22N2O2/c1-4-12-23-17-11-10-16-18(17)20(13-14(2)3)19(22)21(16)15-8-6-5-7-9-15/h1,5-11,14,16-18H,12-13H2,2-3H3/t16-,17-,18-/m1/s1. The van der Waals surface area contributed by atoms with E-state index in [2.05, 4.69) is 25.8 Å². The first-order valence-electron chi connectivity index (χ1n) is 8.01. The zero-order valence-corrected chi connectivity index (χ0v) is 13.6. The summed E-state index contributed by atoms with van der Waals surface area (Å²) < 4.78 is 5.77. The molecule has 2 aliphatic rings. The minimum absolute atomic E-state index is 0.00794. The average molecular weight is 310 g/mol. The summed E-state index contributed by atoms with van der Waals surface area (Å²) in [5.74, 6) is 2.90. The largest absolute Gasteiger partial charge is 0.359 e. The normalized spacial score (nSPS) is 26.0. The fourth-order valence-corrected chi connectivity index (χ4v) is 3.40. The number of ether oxygens (including phenoxy) is 1. The number of hydrogen-bond donors (Lipinski definition) is 0. The summed E-state index contributed by atoms with van der Waals surface area (Å²) in [6.45, 7) is 5.20. The molecule has 1 fully saturated rings. The number of fused-ring (bicyclic) bond motifs is 1. The molecule has 1 aliphatic carbocycles. The van der Waals surface area contributed by atoms with Crippen molar-refractivity contribution in [3.8, 4) is 12.3 Å². The van der Waals surface area contributed by atoms with Crippen molar-refractivity contribution < 1.29 is 9.53 Å². The second kappa shape index (κ2) is 6.47. The Kier molecular flexibility index (Phi) is 4.40. The van der Waals surface area contributed by atoms with E-state index in [9.17, 15) is 4.79 Å². The lowest BCUT2D eigenvalue weighted by Crippen LogP contribution is -2.44. The number of benzene rings is 1. The van der Waals surface area contributed by atoms with Gasteiger partial charge in [-0.3, -0.25) is 4.90 Å². The Bertz CT molecular complexity index is 633. The topological polar surface area (TPSA) is 32.8 Å². The molecule has 120 valence electrons. The Hall–Kier alpha value is -2.25. The zero-order chi connectivity index (χ0) is 16.4. The van der Waals surface area contributed by atoms with Crippen LogP contribution < -0.4 is 4.90 Å². The lowest BCUT2D eigenvalue weighted by molar-refractivity contribution is 0.0561. The second-order valence-corrected chi connectivity index (χ2v) is 6.38. The van der Waals surface area contributed by atoms with Gasteiger partial charge < -0.3 is 9.64 Å². The first-order valence-corrected chi connectivity index (χ1v) is 8.01. The van der Waals surface area contributed by atoms with Gasteiger partial charge in [0.1, 0.15) is 6.61 Å². The van der Waals surface area contributed by atoms with Gasteiger partial charge in [0.2, 0.25) is 0 Å². The summed E-state index contributed by atoms with van der Waals surface area (Å²) in [6.07, 6.45) is 9.27. The molecule has 0 unspecified atom stereocenters. The van der Waals surface area contributed by atoms with Gasteiger partial charge in [0.25, 0.3) is 0 Å². The predicted molar refractivity (Wildman–Crippen MR) is 91.2 cm³/mol. The summed E-state index contributed by atoms with van der Waals surface area (Å²) in [4.78, 5) is 16.8. The highest BCUT2D eigenvalue weighted by Gasteiger charge is 2.51. The molecule has 3 atom stereocenters. The second-order valence-electron chi connectivity index (χ2n) is 6.38. The number of hydrogen-bond acceptors (Lipinski definition) is 2. The van der Waals surface area contributed by atoms with Gasteiger partial charge in [-0.2, -0.15) is 0 Å². The highest BCUT2D eigenvalue weighted by atomic mass is 16.5. The van der Waals surface area contributed by atoms with Crippen molar-refractivity contribution in [1.82, 2.24) is 4.90 Å². The molecule has 3 rings (SSSR count). The van der Waals surface area contributed by atoms with Crippen molar-refractivity contribution in [3.05, 3.63) is 42.5 Å². The Morgan fingerprint density at radius 3 is 2.65 bits per heavy atom. The first kappa shape index (κ1) is 15.6. The van der Waals surface area contributed by atoms with Crippen molar-refractivity contribution >= 4 is 11.7 Å². The van der Waals surface area contributed by atoms with E-state index in [0.29, 0.717) is 12.5 Å². The summed E-state index contributed by atoms with van der Waals surface area (Å²) in [5, 5.41) is 0. The molecule has 1 heterocycles. The molecule has 23 heavy (non-hydrogen) atoms. The van der Waals surface area contributed by atoms with Crippen molar-refractivity contribution in [2.45, 2.75) is 32.0 Å². The van der Waals surface area contributed by atoms with Crippen LogP contribution in [0.25, 0.3) is 0 Å². The number of carbonyl (C=O) groups is 1. The van der Waals surface area contributed by atoms with E-state index in [1.807, 2.05) is 46.2 Å². The predicted octanol–water partition coefficient (Wildman–Crippen LogP) is 2.91. The Balaban J connectivity index is 1.92. The number of anilines is 1. The molecule has 0 bridgehead atoms. The van der Waals surface area contributed by atoms with Gasteiger partial charge in [-0.25, -0.2) is 4.79 Å². The lowest BCUT2D eigenvalue weighted by atomic mass is 10.1. The first-order chi connectivity index (χ1) is 11.1. The molecule has 1 aromatic carbocycles. The van der Waals surface area contributed by atoms with Crippen molar-refractivity contribution in [1.29, 1.82) is 0 Å². The van der Waals surface area contributed by atoms with Crippen LogP contribution in [0.4, 0.5) is 10.5 Å². The maximum Gasteiger partial charge on any atom is 0.325 e. The highest BCUT2D eigenvalue weighted by Crippen LogP contribution is 2.36. The molecular formula is C19H22N2O2. The molecule has 0 radical (unpaired) electrons. The monoisotopic (exact) mass is 310 g/mol. The summed E-state index contributed by atoms with van der Waals surface area (Å²) in [5.41, 5.74) is 0.918. The maximum absolute atomic E-state index is 13.0. The number of amides is 2. The Morgan fingerprint density at radius 2 is 2.00 bits per heavy atom. The van der Waals surface area contributed by atoms with Crippen LogP contribution in [0.5, 0.6) is 0 Å². The number of carbonyl (C=O) groups excluding carboxylic acids is 1. The van der Waals surface area contributed by atoms with Crippen molar-refractivity contribution in [3.63, 3.8) is 0 Å². The minimum Gasteiger partial charge on any atom is -0.359 e. The van der Waals surface area contributed by atoms with Crippen LogP contribution in [0.2, 0.25) is 0 Å². The van der Waals surface area contributed by atoms with Crippen LogP contribution >= 0.6 is 0 Å². The summed E-state index contributed by atoms with van der Waals surface area (Å²) in [6, 6.07) is 9.82. The third-order valence-corrected chi connectivity index (χ3v) is 4.25. The van der Waals surface area contributed by atoms with Crippen LogP contribution in [0.1, 0.15) is 13.8 Å². The van der Waals surface area contributed by atoms with Gasteiger partial charge in [0.05, 0.1) is 18.2 Å². The Morgan fingerprint density at radius 1 is 1.26 bits per heavy atom. The molecule has 1 saturated heterocycles. The molecule has 1 aromatic rings. The number of nitrogens with zero attached hydrogens (tertiary/aromatic N) is 2. The van der Waals surface area contributed by atoms with Crippen LogP contribution in [-0.2, 0) is 4.74 Å². The van der Waals surface area contributed by atoms with Crippen LogP contribution in [0, 0.1) is 18.3 Å². The summed E-state index contributed by atoms with van der Waals surface area (Å²) in [7, 11) is 0. The quantitative estimate of drug-likeness (QED) is 0.619. The van der Waals surface area contributed by atoms with Crippen molar-refractivity contribution in [2.24, 2.45) is 5.92 Å². The molecular weight excluding hydrogens is 288 g/mol. The molecule has 0 saturated carbocycles. The highest BCUT2D eigenvalue weighted by molar-refractivity contribution is 5.96. The van der Waals surface area contributed by atoms with Gasteiger partial charge in [-0.1, -0.05) is 50.1 Å². The number of para-hydroxylation sites is 1. The van der Waals surface area contributed by atoms with Gasteiger partial charge >= 0.3 is 6.03 Å². The lowest BCUT2D eigenvalue weighted by Gasteiger charge is -2.28. The van der Waals surface area contributed by atoms with Gasteiger partial charge in [-0.05, 0) is 18.1 Å². The molecule has 2 amide bonds. The van der Waals surface area contributed by atoms with E-state index >= 15 is 0 Å². The van der Waals surface area contributed by atoms with E-state index in [4.69, 9.17) is 11.2 Å². The molecule has 0 N–H and O–H groups in total. The third kappa shape index (κ3) is 2.85. The van der Waals surface area contributed by atoms with Crippen LogP contribution in [0.15, 0.2) is 42.5 Å². The van der Waals surface area contributed by atoms with Crippen LogP contribution in [-0.4, -0.2) is 42.3 Å². The van der Waals surface area contributed by atoms with E-state index < -0.39 is 0 Å². The van der Waals surface area contributed by atoms with Gasteiger partial charge in [-0.15, -0.1) is 6.42 Å². The summed E-state index contributed by atoms with van der Waals surface area (Å²) >= 11 is 0.